The van der Waals surface area contributed by atoms with Crippen LogP contribution in [0.1, 0.15) is 34.3 Å². The molecule has 0 bridgehead atoms. The third-order valence-electron chi connectivity index (χ3n) is 3.08. The monoisotopic (exact) mass is 273 g/mol. The molecule has 0 aliphatic heterocycles. The topological polar surface area (TPSA) is 41.7 Å². The predicted molar refractivity (Wildman–Crippen MR) is 55.9 cm³/mol. The van der Waals surface area contributed by atoms with Gasteiger partial charge in [-0.15, -0.1) is 0 Å². The summed E-state index contributed by atoms with van der Waals surface area (Å²) in [7, 11) is 0. The van der Waals surface area contributed by atoms with Crippen LogP contribution >= 0.6 is 0 Å². The second kappa shape index (κ2) is 3.95. The molecule has 19 heavy (non-hydrogen) atoms. The van der Waals surface area contributed by atoms with Gasteiger partial charge in [-0.1, -0.05) is 0 Å². The van der Waals surface area contributed by atoms with Gasteiger partial charge in [0.1, 0.15) is 5.82 Å². The van der Waals surface area contributed by atoms with Crippen molar-refractivity contribution in [3.63, 3.8) is 0 Å². The van der Waals surface area contributed by atoms with Crippen LogP contribution in [0.4, 0.5) is 17.6 Å². The first-order valence-corrected chi connectivity index (χ1v) is 5.25. The van der Waals surface area contributed by atoms with E-state index in [1.165, 1.54) is 0 Å². The van der Waals surface area contributed by atoms with E-state index >= 15 is 0 Å². The van der Waals surface area contributed by atoms with Crippen LogP contribution in [0.5, 0.6) is 0 Å². The van der Waals surface area contributed by atoms with Gasteiger partial charge >= 0.3 is 12.1 Å². The first-order chi connectivity index (χ1) is 8.73. The number of aromatic carboxylic acids is 1. The lowest BCUT2D eigenvalue weighted by atomic mass is 9.95. The maximum atomic E-state index is 14.0. The van der Waals surface area contributed by atoms with Crippen LogP contribution in [-0.2, 0) is 11.7 Å². The number of carboxylic acid groups (broad SMARTS) is 1. The van der Waals surface area contributed by atoms with Crippen molar-refractivity contribution < 1.29 is 27.5 Å². The summed E-state index contributed by atoms with van der Waals surface area (Å²) in [6, 6.07) is 1.09. The Morgan fingerprint density at radius 3 is 2.32 bits per heavy atom. The number of hydrogen-bond donors (Lipinski definition) is 1. The minimum Gasteiger partial charge on any atom is -0.478 e. The lowest BCUT2D eigenvalue weighted by molar-refractivity contribution is -0.140. The van der Waals surface area contributed by atoms with E-state index in [9.17, 15) is 22.4 Å². The van der Waals surface area contributed by atoms with Gasteiger partial charge in [-0.2, -0.15) is 13.2 Å². The van der Waals surface area contributed by atoms with E-state index in [1.807, 2.05) is 0 Å². The highest BCUT2D eigenvalue weighted by molar-refractivity contribution is 5.90. The molecule has 1 aliphatic rings. The fourth-order valence-corrected chi connectivity index (χ4v) is 1.96. The standard InChI is InChI=1S/C12H7F4NO2/c1-17-11(4-5-11)8-6(10(18)19)2-3-7(9(8)13)12(14,15)16/h2-3H,4-5H2,(H,18,19). The zero-order chi connectivity index (χ0) is 14.4. The van der Waals surface area contributed by atoms with Crippen LogP contribution in [0, 0.1) is 12.4 Å². The minimum atomic E-state index is -4.92. The van der Waals surface area contributed by atoms with Crippen molar-refractivity contribution in [2.75, 3.05) is 0 Å². The Labute approximate surface area is 105 Å². The normalized spacial score (nSPS) is 16.8. The molecule has 2 rings (SSSR count). The number of benzene rings is 1. The lowest BCUT2D eigenvalue weighted by Gasteiger charge is -2.14. The Balaban J connectivity index is 2.74. The molecule has 1 aliphatic carbocycles. The predicted octanol–water partition coefficient (Wildman–Crippen LogP) is 3.45. The van der Waals surface area contributed by atoms with Gasteiger partial charge in [0, 0.05) is 12.8 Å². The van der Waals surface area contributed by atoms with Gasteiger partial charge in [0.05, 0.1) is 16.7 Å². The molecule has 3 nitrogen and oxygen atoms in total. The Morgan fingerprint density at radius 1 is 1.37 bits per heavy atom. The van der Waals surface area contributed by atoms with Gasteiger partial charge in [-0.05, 0) is 12.1 Å². The van der Waals surface area contributed by atoms with Crippen LogP contribution in [0.15, 0.2) is 12.1 Å². The van der Waals surface area contributed by atoms with Gasteiger partial charge in [0.15, 0.2) is 0 Å². The van der Waals surface area contributed by atoms with Crippen molar-refractivity contribution in [2.24, 2.45) is 0 Å². The zero-order valence-corrected chi connectivity index (χ0v) is 9.38. The summed E-state index contributed by atoms with van der Waals surface area (Å²) in [6.45, 7) is 6.95. The van der Waals surface area contributed by atoms with Gasteiger partial charge in [-0.3, -0.25) is 0 Å². The Kier molecular flexibility index (Phi) is 2.77. The average Bonchev–Trinajstić information content (AvgIpc) is 3.07. The summed E-state index contributed by atoms with van der Waals surface area (Å²) < 4.78 is 51.8. The summed E-state index contributed by atoms with van der Waals surface area (Å²) in [4.78, 5) is 14.1. The average molecular weight is 273 g/mol. The van der Waals surface area contributed by atoms with Gasteiger partial charge in [0.2, 0.25) is 0 Å². The minimum absolute atomic E-state index is 0.162. The Hall–Kier alpha value is -2.10. The van der Waals surface area contributed by atoms with E-state index in [0.717, 1.165) is 0 Å². The van der Waals surface area contributed by atoms with E-state index in [4.69, 9.17) is 11.7 Å². The van der Waals surface area contributed by atoms with Crippen molar-refractivity contribution in [3.05, 3.63) is 46.1 Å². The molecular weight excluding hydrogens is 266 g/mol. The summed E-state index contributed by atoms with van der Waals surface area (Å²) in [5, 5.41) is 8.92. The van der Waals surface area contributed by atoms with Crippen LogP contribution in [-0.4, -0.2) is 11.1 Å². The summed E-state index contributed by atoms with van der Waals surface area (Å²) >= 11 is 0. The molecule has 1 aromatic rings. The maximum absolute atomic E-state index is 14.0. The Bertz CT molecular complexity index is 597. The van der Waals surface area contributed by atoms with Gasteiger partial charge in [-0.25, -0.2) is 15.8 Å². The van der Waals surface area contributed by atoms with Gasteiger partial charge < -0.3 is 9.95 Å². The molecular formula is C12H7F4NO2. The largest absolute Gasteiger partial charge is 0.478 e. The molecule has 0 atom stereocenters. The van der Waals surface area contributed by atoms with Crippen molar-refractivity contribution in [1.29, 1.82) is 0 Å². The number of rotatable bonds is 2. The van der Waals surface area contributed by atoms with E-state index in [1.54, 1.807) is 0 Å². The number of nitrogens with zero attached hydrogens (tertiary/aromatic N) is 1. The number of alkyl halides is 3. The molecule has 1 saturated carbocycles. The molecule has 1 aromatic carbocycles. The number of halogens is 4. The third-order valence-corrected chi connectivity index (χ3v) is 3.08. The second-order valence-corrected chi connectivity index (χ2v) is 4.30. The molecule has 1 N–H and O–H groups in total. The molecule has 7 heteroatoms. The molecule has 0 saturated heterocycles. The smallest absolute Gasteiger partial charge is 0.419 e. The molecule has 0 radical (unpaired) electrons. The first-order valence-electron chi connectivity index (χ1n) is 5.25. The number of carboxylic acids is 1. The summed E-state index contributed by atoms with van der Waals surface area (Å²) in [6.07, 6.45) is -4.60. The van der Waals surface area contributed by atoms with E-state index in [2.05, 4.69) is 4.85 Å². The second-order valence-electron chi connectivity index (χ2n) is 4.30. The SMILES string of the molecule is [C-]#[N+]C1(c2c(C(=O)O)ccc(C(F)(F)F)c2F)CC1. The molecule has 1 fully saturated rings. The molecule has 0 amide bonds. The van der Waals surface area contributed by atoms with Crippen LogP contribution < -0.4 is 0 Å². The number of carbonyl (C=O) groups is 1. The van der Waals surface area contributed by atoms with Gasteiger partial charge in [0.25, 0.3) is 5.54 Å². The van der Waals surface area contributed by atoms with Crippen LogP contribution in [0.2, 0.25) is 0 Å². The zero-order valence-electron chi connectivity index (χ0n) is 9.38. The van der Waals surface area contributed by atoms with E-state index < -0.39 is 40.2 Å². The van der Waals surface area contributed by atoms with E-state index in [-0.39, 0.29) is 12.8 Å². The highest BCUT2D eigenvalue weighted by Crippen LogP contribution is 2.52. The lowest BCUT2D eigenvalue weighted by Crippen LogP contribution is -2.18. The quantitative estimate of drug-likeness (QED) is 0.662. The van der Waals surface area contributed by atoms with Crippen LogP contribution in [0.3, 0.4) is 0 Å². The fourth-order valence-electron chi connectivity index (χ4n) is 1.96. The van der Waals surface area contributed by atoms with Crippen molar-refractivity contribution >= 4 is 5.97 Å². The van der Waals surface area contributed by atoms with Crippen LogP contribution in [0.25, 0.3) is 4.85 Å². The Morgan fingerprint density at radius 2 is 1.95 bits per heavy atom. The van der Waals surface area contributed by atoms with Crippen molar-refractivity contribution in [2.45, 2.75) is 24.6 Å². The maximum Gasteiger partial charge on any atom is 0.419 e. The first kappa shape index (κ1) is 13.3. The highest BCUT2D eigenvalue weighted by atomic mass is 19.4. The molecule has 0 unspecified atom stereocenters. The number of hydrogen-bond acceptors (Lipinski definition) is 1. The molecule has 100 valence electrons. The fraction of sp³-hybridized carbons (Fsp3) is 0.333. The van der Waals surface area contributed by atoms with Crippen molar-refractivity contribution in [1.82, 2.24) is 0 Å². The summed E-state index contributed by atoms with van der Waals surface area (Å²) in [5.74, 6) is -3.20. The molecule has 0 spiro atoms. The molecule has 0 aromatic heterocycles. The van der Waals surface area contributed by atoms with Crippen molar-refractivity contribution in [3.8, 4) is 0 Å². The summed E-state index contributed by atoms with van der Waals surface area (Å²) in [5.41, 5.74) is -4.23. The third kappa shape index (κ3) is 2.03. The van der Waals surface area contributed by atoms with E-state index in [0.29, 0.717) is 12.1 Å². The highest BCUT2D eigenvalue weighted by Gasteiger charge is 2.57. The molecule has 0 heterocycles.